The Morgan fingerprint density at radius 1 is 1.07 bits per heavy atom. The predicted molar refractivity (Wildman–Crippen MR) is 106 cm³/mol. The number of amides is 1. The molecule has 1 aromatic heterocycles. The second-order valence-electron chi connectivity index (χ2n) is 6.19. The number of carbonyl (C=O) groups excluding carboxylic acids is 1. The molecule has 2 aromatic carbocycles. The summed E-state index contributed by atoms with van der Waals surface area (Å²) >= 11 is 0. The number of rotatable bonds is 6. The molecule has 0 aliphatic heterocycles. The molecular formula is C22H20F2N2O2. The second-order valence-corrected chi connectivity index (χ2v) is 6.19. The highest BCUT2D eigenvalue weighted by Crippen LogP contribution is 2.26. The van der Waals surface area contributed by atoms with E-state index in [4.69, 9.17) is 0 Å². The van der Waals surface area contributed by atoms with Gasteiger partial charge in [0.05, 0.1) is 5.69 Å². The molecule has 1 heterocycles. The van der Waals surface area contributed by atoms with E-state index in [1.807, 2.05) is 50.2 Å². The van der Waals surface area contributed by atoms with Crippen molar-refractivity contribution >= 4 is 17.7 Å². The number of hydrogen-bond acceptors (Lipinski definition) is 2. The van der Waals surface area contributed by atoms with E-state index in [0.717, 1.165) is 22.6 Å². The summed E-state index contributed by atoms with van der Waals surface area (Å²) in [6.07, 6.45) is 3.07. The normalized spacial score (nSPS) is 11.2. The van der Waals surface area contributed by atoms with Gasteiger partial charge >= 0.3 is 6.61 Å². The Hall–Kier alpha value is -3.41. The summed E-state index contributed by atoms with van der Waals surface area (Å²) in [5.74, 6) is -0.517. The zero-order valence-corrected chi connectivity index (χ0v) is 15.5. The molecule has 1 N–H and O–H groups in total. The number of benzene rings is 2. The number of aryl methyl sites for hydroxylation is 1. The van der Waals surface area contributed by atoms with Gasteiger partial charge in [0.2, 0.25) is 5.91 Å². The molecule has 0 unspecified atom stereocenters. The first-order valence-electron chi connectivity index (χ1n) is 8.73. The van der Waals surface area contributed by atoms with Gasteiger partial charge < -0.3 is 14.6 Å². The smallest absolute Gasteiger partial charge is 0.387 e. The van der Waals surface area contributed by atoms with E-state index in [-0.39, 0.29) is 11.4 Å². The summed E-state index contributed by atoms with van der Waals surface area (Å²) in [5, 5.41) is 2.57. The molecule has 1 amide bonds. The molecule has 0 saturated heterocycles. The van der Waals surface area contributed by atoms with Crippen LogP contribution >= 0.6 is 0 Å². The number of carbonyl (C=O) groups is 1. The molecule has 3 rings (SSSR count). The zero-order valence-electron chi connectivity index (χ0n) is 15.5. The largest absolute Gasteiger partial charge is 0.433 e. The summed E-state index contributed by atoms with van der Waals surface area (Å²) in [7, 11) is 0. The molecule has 0 spiro atoms. The maximum atomic E-state index is 12.5. The van der Waals surface area contributed by atoms with Gasteiger partial charge in [-0.2, -0.15) is 8.78 Å². The van der Waals surface area contributed by atoms with E-state index < -0.39 is 12.5 Å². The molecule has 144 valence electrons. The third-order valence-corrected chi connectivity index (χ3v) is 4.26. The summed E-state index contributed by atoms with van der Waals surface area (Å²) in [6, 6.07) is 18.0. The van der Waals surface area contributed by atoms with Crippen molar-refractivity contribution in [2.45, 2.75) is 20.5 Å². The first kappa shape index (κ1) is 19.4. The Morgan fingerprint density at radius 3 is 2.46 bits per heavy atom. The summed E-state index contributed by atoms with van der Waals surface area (Å²) in [5.41, 5.74) is 4.16. The number of anilines is 1. The van der Waals surface area contributed by atoms with Crippen LogP contribution in [0.25, 0.3) is 11.8 Å². The van der Waals surface area contributed by atoms with Crippen molar-refractivity contribution in [2.75, 3.05) is 5.32 Å². The SMILES string of the molecule is Cc1cc(/C=C/C(=O)Nc2ccccc2OC(F)F)c(C)n1-c1ccccc1. The number of nitrogens with one attached hydrogen (secondary N) is 1. The number of hydrogen-bond donors (Lipinski definition) is 1. The van der Waals surface area contributed by atoms with Crippen LogP contribution in [0.5, 0.6) is 5.75 Å². The molecule has 0 aliphatic carbocycles. The minimum Gasteiger partial charge on any atom is -0.433 e. The standard InChI is InChI=1S/C22H20F2N2O2/c1-15-14-17(16(2)26(15)18-8-4-3-5-9-18)12-13-21(27)25-19-10-6-7-11-20(19)28-22(23)24/h3-14,22H,1-2H3,(H,25,27)/b13-12+. The van der Waals surface area contributed by atoms with Crippen molar-refractivity contribution in [1.82, 2.24) is 4.57 Å². The fourth-order valence-electron chi connectivity index (χ4n) is 3.04. The summed E-state index contributed by atoms with van der Waals surface area (Å²) < 4.78 is 31.5. The molecule has 3 aromatic rings. The first-order chi connectivity index (χ1) is 13.5. The van der Waals surface area contributed by atoms with Gasteiger partial charge in [0.1, 0.15) is 5.75 Å². The lowest BCUT2D eigenvalue weighted by molar-refractivity contribution is -0.111. The van der Waals surface area contributed by atoms with Crippen LogP contribution in [0, 0.1) is 13.8 Å². The highest BCUT2D eigenvalue weighted by Gasteiger charge is 2.11. The molecule has 0 fully saturated rings. The molecule has 0 saturated carbocycles. The molecular weight excluding hydrogens is 362 g/mol. The van der Waals surface area contributed by atoms with Crippen molar-refractivity contribution in [3.8, 4) is 11.4 Å². The van der Waals surface area contributed by atoms with E-state index in [9.17, 15) is 13.6 Å². The van der Waals surface area contributed by atoms with Gasteiger partial charge in [-0.15, -0.1) is 0 Å². The predicted octanol–water partition coefficient (Wildman–Crippen LogP) is 5.35. The van der Waals surface area contributed by atoms with Gasteiger partial charge in [-0.1, -0.05) is 30.3 Å². The van der Waals surface area contributed by atoms with Crippen LogP contribution in [0.15, 0.2) is 66.7 Å². The maximum absolute atomic E-state index is 12.5. The summed E-state index contributed by atoms with van der Waals surface area (Å²) in [6.45, 7) is 1.01. The Kier molecular flexibility index (Phi) is 5.89. The van der Waals surface area contributed by atoms with Crippen LogP contribution in [0.2, 0.25) is 0 Å². The average Bonchev–Trinajstić information content (AvgIpc) is 2.95. The van der Waals surface area contributed by atoms with Gasteiger partial charge in [-0.25, -0.2) is 0 Å². The average molecular weight is 382 g/mol. The van der Waals surface area contributed by atoms with Crippen LogP contribution in [-0.4, -0.2) is 17.1 Å². The van der Waals surface area contributed by atoms with Crippen LogP contribution in [0.1, 0.15) is 17.0 Å². The molecule has 0 bridgehead atoms. The van der Waals surface area contributed by atoms with E-state index in [0.29, 0.717) is 0 Å². The summed E-state index contributed by atoms with van der Waals surface area (Å²) in [4.78, 5) is 12.2. The van der Waals surface area contributed by atoms with Crippen LogP contribution in [-0.2, 0) is 4.79 Å². The van der Waals surface area contributed by atoms with E-state index >= 15 is 0 Å². The lowest BCUT2D eigenvalue weighted by atomic mass is 10.2. The minimum atomic E-state index is -2.96. The van der Waals surface area contributed by atoms with Crippen LogP contribution in [0.4, 0.5) is 14.5 Å². The number of para-hydroxylation sites is 3. The molecule has 0 aliphatic rings. The van der Waals surface area contributed by atoms with Gasteiger partial charge in [0.25, 0.3) is 0 Å². The Bertz CT molecular complexity index is 995. The number of aromatic nitrogens is 1. The van der Waals surface area contributed by atoms with Crippen molar-refractivity contribution in [3.05, 3.63) is 83.7 Å². The highest BCUT2D eigenvalue weighted by molar-refractivity contribution is 6.02. The number of alkyl halides is 2. The van der Waals surface area contributed by atoms with E-state index in [1.165, 1.54) is 18.2 Å². The van der Waals surface area contributed by atoms with Crippen LogP contribution in [0.3, 0.4) is 0 Å². The van der Waals surface area contributed by atoms with Crippen molar-refractivity contribution in [3.63, 3.8) is 0 Å². The number of halogens is 2. The Labute approximate surface area is 162 Å². The minimum absolute atomic E-state index is 0.0819. The fraction of sp³-hybridized carbons (Fsp3) is 0.136. The Morgan fingerprint density at radius 2 is 1.75 bits per heavy atom. The number of ether oxygens (including phenoxy) is 1. The topological polar surface area (TPSA) is 43.3 Å². The second kappa shape index (κ2) is 8.52. The Balaban J connectivity index is 1.77. The third kappa shape index (κ3) is 4.46. The van der Waals surface area contributed by atoms with Crippen molar-refractivity contribution in [1.29, 1.82) is 0 Å². The highest BCUT2D eigenvalue weighted by atomic mass is 19.3. The molecule has 28 heavy (non-hydrogen) atoms. The molecule has 4 nitrogen and oxygen atoms in total. The van der Waals surface area contributed by atoms with E-state index in [2.05, 4.69) is 14.6 Å². The lowest BCUT2D eigenvalue weighted by Gasteiger charge is -2.10. The zero-order chi connectivity index (χ0) is 20.1. The van der Waals surface area contributed by atoms with Gasteiger partial charge in [0.15, 0.2) is 0 Å². The van der Waals surface area contributed by atoms with Crippen LogP contribution < -0.4 is 10.1 Å². The lowest BCUT2D eigenvalue weighted by Crippen LogP contribution is -2.11. The quantitative estimate of drug-likeness (QED) is 0.584. The van der Waals surface area contributed by atoms with Crippen molar-refractivity contribution in [2.24, 2.45) is 0 Å². The molecule has 0 radical (unpaired) electrons. The maximum Gasteiger partial charge on any atom is 0.387 e. The van der Waals surface area contributed by atoms with Gasteiger partial charge in [-0.3, -0.25) is 4.79 Å². The van der Waals surface area contributed by atoms with Crippen molar-refractivity contribution < 1.29 is 18.3 Å². The first-order valence-corrected chi connectivity index (χ1v) is 8.73. The van der Waals surface area contributed by atoms with E-state index in [1.54, 1.807) is 18.2 Å². The molecule has 0 atom stereocenters. The monoisotopic (exact) mass is 382 g/mol. The fourth-order valence-corrected chi connectivity index (χ4v) is 3.04. The number of nitrogens with zero attached hydrogens (tertiary/aromatic N) is 1. The molecule has 6 heteroatoms. The van der Waals surface area contributed by atoms with Gasteiger partial charge in [-0.05, 0) is 55.8 Å². The van der Waals surface area contributed by atoms with Gasteiger partial charge in [0, 0.05) is 23.2 Å². The third-order valence-electron chi connectivity index (χ3n) is 4.26.